The summed E-state index contributed by atoms with van der Waals surface area (Å²) in [5.74, 6) is -0.227. The molecule has 0 aliphatic carbocycles. The summed E-state index contributed by atoms with van der Waals surface area (Å²) in [5, 5.41) is 2.42. The molecule has 1 saturated heterocycles. The van der Waals surface area contributed by atoms with Crippen molar-refractivity contribution in [3.05, 3.63) is 64.6 Å². The third-order valence-corrected chi connectivity index (χ3v) is 9.99. The number of rotatable bonds is 7. The quantitative estimate of drug-likeness (QED) is 0.350. The Morgan fingerprint density at radius 1 is 1.24 bits per heavy atom. The molecule has 0 radical (unpaired) electrons. The van der Waals surface area contributed by atoms with Gasteiger partial charge in [0.05, 0.1) is 0 Å². The molecule has 1 fully saturated rings. The highest BCUT2D eigenvalue weighted by Gasteiger charge is 2.29. The smallest absolute Gasteiger partial charge is 0.250 e. The number of benzene rings is 2. The minimum atomic E-state index is -3.60. The van der Waals surface area contributed by atoms with E-state index in [0.29, 0.717) is 15.8 Å². The first-order valence-electron chi connectivity index (χ1n) is 11.0. The van der Waals surface area contributed by atoms with Gasteiger partial charge in [0.15, 0.2) is 0 Å². The average Bonchev–Trinajstić information content (AvgIpc) is 3.46. The van der Waals surface area contributed by atoms with Crippen LogP contribution in [0.3, 0.4) is 0 Å². The zero-order valence-corrected chi connectivity index (χ0v) is 20.6. The van der Waals surface area contributed by atoms with Crippen molar-refractivity contribution in [2.75, 3.05) is 19.6 Å². The van der Waals surface area contributed by atoms with E-state index in [4.69, 9.17) is 11.6 Å². The lowest BCUT2D eigenvalue weighted by molar-refractivity contribution is 0.327. The molecule has 0 spiro atoms. The number of aryl methyl sites for hydroxylation is 2. The molecule has 1 atom stereocenters. The maximum absolute atomic E-state index is 13.6. The van der Waals surface area contributed by atoms with Crippen molar-refractivity contribution in [3.8, 4) is 0 Å². The number of fused-ring (bicyclic) bond motifs is 2. The number of H-pyrrole nitrogens is 1. The van der Waals surface area contributed by atoms with Gasteiger partial charge in [-0.1, -0.05) is 11.6 Å². The van der Waals surface area contributed by atoms with Crippen LogP contribution in [0.5, 0.6) is 0 Å². The van der Waals surface area contributed by atoms with Gasteiger partial charge >= 0.3 is 0 Å². The predicted molar refractivity (Wildman–Crippen MR) is 133 cm³/mol. The van der Waals surface area contributed by atoms with E-state index in [1.54, 1.807) is 18.2 Å². The number of halogens is 2. The van der Waals surface area contributed by atoms with Gasteiger partial charge < -0.3 is 9.88 Å². The number of hydrogen-bond acceptors (Lipinski definition) is 4. The molecular formula is C24H25ClFN3O2S2. The van der Waals surface area contributed by atoms with Crippen LogP contribution in [0.25, 0.3) is 21.0 Å². The average molecular weight is 506 g/mol. The largest absolute Gasteiger partial charge is 0.361 e. The third kappa shape index (κ3) is 4.68. The van der Waals surface area contributed by atoms with E-state index in [0.717, 1.165) is 64.5 Å². The zero-order valence-electron chi connectivity index (χ0n) is 18.2. The molecule has 9 heteroatoms. The minimum absolute atomic E-state index is 0.106. The fourth-order valence-corrected chi connectivity index (χ4v) is 7.88. The number of nitrogens with one attached hydrogen (secondary N) is 2. The van der Waals surface area contributed by atoms with Gasteiger partial charge in [0.1, 0.15) is 10.0 Å². The predicted octanol–water partition coefficient (Wildman–Crippen LogP) is 5.47. The van der Waals surface area contributed by atoms with Crippen LogP contribution in [0.2, 0.25) is 5.02 Å². The fraction of sp³-hybridized carbons (Fsp3) is 0.333. The number of thiophene rings is 1. The number of sulfonamides is 1. The summed E-state index contributed by atoms with van der Waals surface area (Å²) in [5.41, 5.74) is 2.80. The fourth-order valence-electron chi connectivity index (χ4n) is 4.68. The topological polar surface area (TPSA) is 65.2 Å². The van der Waals surface area contributed by atoms with Crippen LogP contribution in [0.4, 0.5) is 4.39 Å². The van der Waals surface area contributed by atoms with Crippen LogP contribution in [-0.2, 0) is 16.4 Å². The minimum Gasteiger partial charge on any atom is -0.361 e. The van der Waals surface area contributed by atoms with Gasteiger partial charge in [0.2, 0.25) is 0 Å². The molecule has 3 heterocycles. The molecular weight excluding hydrogens is 481 g/mol. The van der Waals surface area contributed by atoms with Gasteiger partial charge in [-0.05, 0) is 92.2 Å². The lowest BCUT2D eigenvalue weighted by Crippen LogP contribution is -2.37. The summed E-state index contributed by atoms with van der Waals surface area (Å²) < 4.78 is 44.0. The van der Waals surface area contributed by atoms with E-state index >= 15 is 0 Å². The second-order valence-electron chi connectivity index (χ2n) is 8.67. The second kappa shape index (κ2) is 9.00. The lowest BCUT2D eigenvalue weighted by atomic mass is 10.1. The highest BCUT2D eigenvalue weighted by molar-refractivity contribution is 7.91. The molecule has 5 rings (SSSR count). The molecule has 33 heavy (non-hydrogen) atoms. The molecule has 1 aliphatic rings. The molecule has 2 N–H and O–H groups in total. The van der Waals surface area contributed by atoms with E-state index in [2.05, 4.69) is 14.6 Å². The highest BCUT2D eigenvalue weighted by atomic mass is 35.5. The van der Waals surface area contributed by atoms with Crippen molar-refractivity contribution < 1.29 is 12.8 Å². The molecule has 1 aliphatic heterocycles. The van der Waals surface area contributed by atoms with Crippen LogP contribution < -0.4 is 4.72 Å². The third-order valence-electron chi connectivity index (χ3n) is 6.34. The lowest BCUT2D eigenvalue weighted by Gasteiger charge is -2.16. The Labute approximate surface area is 201 Å². The Bertz CT molecular complexity index is 1430. The molecule has 4 aromatic rings. The van der Waals surface area contributed by atoms with Crippen LogP contribution in [0, 0.1) is 12.7 Å². The van der Waals surface area contributed by atoms with E-state index in [1.165, 1.54) is 17.4 Å². The number of aromatic amines is 1. The van der Waals surface area contributed by atoms with E-state index in [1.807, 2.05) is 25.3 Å². The van der Waals surface area contributed by atoms with Crippen LogP contribution >= 0.6 is 22.9 Å². The first-order chi connectivity index (χ1) is 15.8. The molecule has 0 amide bonds. The second-order valence-corrected chi connectivity index (χ2v) is 12.1. The molecule has 0 bridgehead atoms. The zero-order chi connectivity index (χ0) is 23.2. The molecule has 174 valence electrons. The maximum Gasteiger partial charge on any atom is 0.250 e. The van der Waals surface area contributed by atoms with Crippen LogP contribution in [-0.4, -0.2) is 44.0 Å². The molecule has 1 unspecified atom stereocenters. The first-order valence-corrected chi connectivity index (χ1v) is 13.7. The summed E-state index contributed by atoms with van der Waals surface area (Å²) in [4.78, 5) is 5.49. The Kier molecular flexibility index (Phi) is 6.22. The van der Waals surface area contributed by atoms with Gasteiger partial charge in [0, 0.05) is 39.4 Å². The molecule has 2 aromatic carbocycles. The number of likely N-dealkylation sites (tertiary alicyclic amines) is 1. The summed E-state index contributed by atoms with van der Waals surface area (Å²) in [7, 11) is -3.60. The summed E-state index contributed by atoms with van der Waals surface area (Å²) in [6.45, 7) is 4.26. The maximum atomic E-state index is 13.6. The van der Waals surface area contributed by atoms with Crippen molar-refractivity contribution in [1.82, 2.24) is 14.6 Å². The Hall–Kier alpha value is -1.97. The van der Waals surface area contributed by atoms with Gasteiger partial charge in [-0.2, -0.15) is 0 Å². The van der Waals surface area contributed by atoms with Gasteiger partial charge in [-0.3, -0.25) is 0 Å². The Balaban J connectivity index is 1.19. The monoisotopic (exact) mass is 505 g/mol. The summed E-state index contributed by atoms with van der Waals surface area (Å²) >= 11 is 7.38. The van der Waals surface area contributed by atoms with Crippen molar-refractivity contribution in [2.45, 2.75) is 36.4 Å². The molecule has 5 nitrogen and oxygen atoms in total. The SMILES string of the molecule is Cc1c(S(=O)(=O)NC2CCN(CCCc3c[nH]c4ccc(F)cc34)C2)sc2ccc(Cl)cc12. The van der Waals surface area contributed by atoms with E-state index in [9.17, 15) is 12.8 Å². The first kappa shape index (κ1) is 22.8. The summed E-state index contributed by atoms with van der Waals surface area (Å²) in [6, 6.07) is 10.2. The van der Waals surface area contributed by atoms with Crippen molar-refractivity contribution >= 4 is 54.0 Å². The standard InChI is InChI=1S/C24H25ClFN3O2S2/c1-15-20-11-17(25)4-7-23(20)32-24(15)33(30,31)28-19-8-10-29(14-19)9-2-3-16-13-27-22-6-5-18(26)12-21(16)22/h4-7,11-13,19,27-28H,2-3,8-10,14H2,1H3. The molecule has 0 saturated carbocycles. The van der Waals surface area contributed by atoms with Crippen molar-refractivity contribution in [1.29, 1.82) is 0 Å². The molecule has 2 aromatic heterocycles. The van der Waals surface area contributed by atoms with Gasteiger partial charge in [-0.15, -0.1) is 11.3 Å². The van der Waals surface area contributed by atoms with Crippen molar-refractivity contribution in [3.63, 3.8) is 0 Å². The normalized spacial score (nSPS) is 17.5. The number of nitrogens with zero attached hydrogens (tertiary/aromatic N) is 1. The Morgan fingerprint density at radius 2 is 2.09 bits per heavy atom. The Morgan fingerprint density at radius 3 is 2.94 bits per heavy atom. The number of aromatic nitrogens is 1. The van der Waals surface area contributed by atoms with E-state index in [-0.39, 0.29) is 11.9 Å². The van der Waals surface area contributed by atoms with Crippen LogP contribution in [0.1, 0.15) is 24.0 Å². The summed E-state index contributed by atoms with van der Waals surface area (Å²) in [6.07, 6.45) is 4.51. The van der Waals surface area contributed by atoms with Gasteiger partial charge in [-0.25, -0.2) is 17.5 Å². The van der Waals surface area contributed by atoms with Gasteiger partial charge in [0.25, 0.3) is 10.0 Å². The highest BCUT2D eigenvalue weighted by Crippen LogP contribution is 2.35. The van der Waals surface area contributed by atoms with E-state index < -0.39 is 10.0 Å². The van der Waals surface area contributed by atoms with Crippen molar-refractivity contribution in [2.24, 2.45) is 0 Å². The number of hydrogen-bond donors (Lipinski definition) is 2. The van der Waals surface area contributed by atoms with Crippen LogP contribution in [0.15, 0.2) is 46.8 Å².